The van der Waals surface area contributed by atoms with Crippen LogP contribution in [0.4, 0.5) is 0 Å². The van der Waals surface area contributed by atoms with Gasteiger partial charge in [0, 0.05) is 0 Å². The predicted octanol–water partition coefficient (Wildman–Crippen LogP) is 2.32. The molecule has 3 rings (SSSR count). The first kappa shape index (κ1) is 8.49. The molecule has 1 aromatic rings. The maximum absolute atomic E-state index is 3.50. The fourth-order valence-corrected chi connectivity index (χ4v) is 3.15. The summed E-state index contributed by atoms with van der Waals surface area (Å²) in [7, 11) is 0. The fraction of sp³-hybridized carbons (Fsp3) is 0.538. The minimum absolute atomic E-state index is 0.844. The second kappa shape index (κ2) is 3.09. The van der Waals surface area contributed by atoms with E-state index >= 15 is 0 Å². The van der Waals surface area contributed by atoms with Crippen LogP contribution in [0.5, 0.6) is 0 Å². The van der Waals surface area contributed by atoms with Crippen molar-refractivity contribution in [2.24, 2.45) is 11.8 Å². The van der Waals surface area contributed by atoms with Crippen molar-refractivity contribution in [1.29, 1.82) is 0 Å². The Hall–Kier alpha value is -0.820. The summed E-state index contributed by atoms with van der Waals surface area (Å²) in [6.07, 6.45) is 1.41. The van der Waals surface area contributed by atoms with Crippen LogP contribution in [0.15, 0.2) is 24.3 Å². The normalized spacial score (nSPS) is 35.1. The maximum atomic E-state index is 3.50. The summed E-state index contributed by atoms with van der Waals surface area (Å²) in [5.41, 5.74) is 3.07. The largest absolute Gasteiger partial charge is 0.316 e. The number of nitrogens with one attached hydrogen (secondary N) is 1. The van der Waals surface area contributed by atoms with Crippen molar-refractivity contribution in [3.63, 3.8) is 0 Å². The van der Waals surface area contributed by atoms with Crippen molar-refractivity contribution in [3.05, 3.63) is 35.4 Å². The molecule has 1 saturated heterocycles. The van der Waals surface area contributed by atoms with Gasteiger partial charge in [-0.15, -0.1) is 0 Å². The molecule has 1 aliphatic carbocycles. The summed E-state index contributed by atoms with van der Waals surface area (Å²) < 4.78 is 0. The van der Waals surface area contributed by atoms with E-state index in [1.165, 1.54) is 25.1 Å². The van der Waals surface area contributed by atoms with Gasteiger partial charge in [-0.05, 0) is 55.3 Å². The molecule has 0 aromatic heterocycles. The summed E-state index contributed by atoms with van der Waals surface area (Å²) in [5, 5.41) is 3.50. The molecule has 1 heteroatoms. The van der Waals surface area contributed by atoms with Gasteiger partial charge in [0.25, 0.3) is 0 Å². The van der Waals surface area contributed by atoms with Gasteiger partial charge in [0.15, 0.2) is 0 Å². The zero-order valence-electron chi connectivity index (χ0n) is 8.66. The molecule has 0 amide bonds. The summed E-state index contributed by atoms with van der Waals surface area (Å²) in [4.78, 5) is 0. The van der Waals surface area contributed by atoms with Crippen molar-refractivity contribution < 1.29 is 0 Å². The Kier molecular flexibility index (Phi) is 1.88. The van der Waals surface area contributed by atoms with Crippen molar-refractivity contribution in [2.45, 2.75) is 19.3 Å². The van der Waals surface area contributed by atoms with Crippen molar-refractivity contribution in [2.75, 3.05) is 13.1 Å². The summed E-state index contributed by atoms with van der Waals surface area (Å²) >= 11 is 0. The van der Waals surface area contributed by atoms with Crippen LogP contribution in [0.1, 0.15) is 23.5 Å². The smallest absolute Gasteiger partial charge is 0.00114 e. The summed E-state index contributed by atoms with van der Waals surface area (Å²) in [6.45, 7) is 4.74. The van der Waals surface area contributed by atoms with Crippen LogP contribution >= 0.6 is 0 Å². The molecular formula is C13H17N. The van der Waals surface area contributed by atoms with Crippen LogP contribution in [0, 0.1) is 18.8 Å². The van der Waals surface area contributed by atoms with E-state index < -0.39 is 0 Å². The fourth-order valence-electron chi connectivity index (χ4n) is 3.15. The summed E-state index contributed by atoms with van der Waals surface area (Å²) in [6, 6.07) is 8.87. The molecule has 0 spiro atoms. The lowest BCUT2D eigenvalue weighted by atomic mass is 9.63. The second-order valence-corrected chi connectivity index (χ2v) is 4.78. The first-order valence-corrected chi connectivity index (χ1v) is 5.62. The number of hydrogen-bond donors (Lipinski definition) is 1. The van der Waals surface area contributed by atoms with E-state index in [-0.39, 0.29) is 0 Å². The van der Waals surface area contributed by atoms with E-state index in [4.69, 9.17) is 0 Å². The molecular weight excluding hydrogens is 170 g/mol. The van der Waals surface area contributed by atoms with Crippen LogP contribution in [0.2, 0.25) is 0 Å². The molecule has 1 N–H and O–H groups in total. The van der Waals surface area contributed by atoms with E-state index in [9.17, 15) is 0 Å². The van der Waals surface area contributed by atoms with E-state index in [0.29, 0.717) is 0 Å². The van der Waals surface area contributed by atoms with Crippen molar-refractivity contribution in [1.82, 2.24) is 5.32 Å². The van der Waals surface area contributed by atoms with Crippen LogP contribution in [0.3, 0.4) is 0 Å². The molecule has 14 heavy (non-hydrogen) atoms. The molecule has 0 bridgehead atoms. The Morgan fingerprint density at radius 1 is 1.21 bits per heavy atom. The van der Waals surface area contributed by atoms with Crippen LogP contribution < -0.4 is 5.32 Å². The highest BCUT2D eigenvalue weighted by Crippen LogP contribution is 2.49. The molecule has 3 atom stereocenters. The first-order chi connectivity index (χ1) is 6.86. The number of hydrogen-bond acceptors (Lipinski definition) is 1. The standard InChI is InChI=1S/C13H17N/c1-9-4-2-3-5-11(9)12-6-10-7-14-8-13(10)12/h2-5,10,12-14H,6-8H2,1H3/t10-,12+,13+/m1/s1. The van der Waals surface area contributed by atoms with Gasteiger partial charge in [-0.3, -0.25) is 0 Å². The highest BCUT2D eigenvalue weighted by Gasteiger charge is 2.44. The lowest BCUT2D eigenvalue weighted by molar-refractivity contribution is 0.190. The van der Waals surface area contributed by atoms with Gasteiger partial charge < -0.3 is 5.32 Å². The molecule has 1 aliphatic heterocycles. The quantitative estimate of drug-likeness (QED) is 0.711. The number of fused-ring (bicyclic) bond motifs is 1. The molecule has 2 aliphatic rings. The number of aryl methyl sites for hydroxylation is 1. The Bertz CT molecular complexity index is 345. The number of rotatable bonds is 1. The molecule has 0 radical (unpaired) electrons. The average Bonchev–Trinajstić information content (AvgIpc) is 2.52. The Labute approximate surface area is 85.5 Å². The Morgan fingerprint density at radius 2 is 2.07 bits per heavy atom. The lowest BCUT2D eigenvalue weighted by Gasteiger charge is -2.40. The molecule has 1 saturated carbocycles. The van der Waals surface area contributed by atoms with Crippen LogP contribution in [0.25, 0.3) is 0 Å². The van der Waals surface area contributed by atoms with Gasteiger partial charge in [-0.1, -0.05) is 24.3 Å². The first-order valence-electron chi connectivity index (χ1n) is 5.62. The van der Waals surface area contributed by atoms with Crippen molar-refractivity contribution in [3.8, 4) is 0 Å². The van der Waals surface area contributed by atoms with Gasteiger partial charge in [0.1, 0.15) is 0 Å². The zero-order valence-corrected chi connectivity index (χ0v) is 8.66. The third-order valence-electron chi connectivity index (χ3n) is 4.05. The average molecular weight is 187 g/mol. The molecule has 1 aromatic carbocycles. The molecule has 0 unspecified atom stereocenters. The van der Waals surface area contributed by atoms with Gasteiger partial charge in [-0.25, -0.2) is 0 Å². The SMILES string of the molecule is Cc1ccccc1[C@@H]1C[C@@H]2CNC[C@@H]21. The molecule has 74 valence electrons. The van der Waals surface area contributed by atoms with Gasteiger partial charge in [-0.2, -0.15) is 0 Å². The van der Waals surface area contributed by atoms with E-state index in [2.05, 4.69) is 36.5 Å². The molecule has 1 heterocycles. The zero-order chi connectivity index (χ0) is 9.54. The van der Waals surface area contributed by atoms with E-state index in [1.807, 2.05) is 0 Å². The van der Waals surface area contributed by atoms with Gasteiger partial charge in [0.05, 0.1) is 0 Å². The predicted molar refractivity (Wildman–Crippen MR) is 58.4 cm³/mol. The Balaban J connectivity index is 1.87. The van der Waals surface area contributed by atoms with E-state index in [0.717, 1.165) is 17.8 Å². The van der Waals surface area contributed by atoms with Crippen LogP contribution in [-0.2, 0) is 0 Å². The topological polar surface area (TPSA) is 12.0 Å². The van der Waals surface area contributed by atoms with E-state index in [1.54, 1.807) is 5.56 Å². The summed E-state index contributed by atoms with van der Waals surface area (Å²) in [5.74, 6) is 2.74. The third-order valence-corrected chi connectivity index (χ3v) is 4.05. The Morgan fingerprint density at radius 3 is 2.86 bits per heavy atom. The van der Waals surface area contributed by atoms with Gasteiger partial charge >= 0.3 is 0 Å². The highest BCUT2D eigenvalue weighted by molar-refractivity contribution is 5.32. The number of benzene rings is 1. The minimum Gasteiger partial charge on any atom is -0.316 e. The lowest BCUT2D eigenvalue weighted by Crippen LogP contribution is -2.33. The molecule has 1 nitrogen and oxygen atoms in total. The highest BCUT2D eigenvalue weighted by atomic mass is 14.9. The minimum atomic E-state index is 0.844. The monoisotopic (exact) mass is 187 g/mol. The van der Waals surface area contributed by atoms with Gasteiger partial charge in [0.2, 0.25) is 0 Å². The third kappa shape index (κ3) is 1.12. The molecule has 2 fully saturated rings. The van der Waals surface area contributed by atoms with Crippen molar-refractivity contribution >= 4 is 0 Å². The van der Waals surface area contributed by atoms with Crippen LogP contribution in [-0.4, -0.2) is 13.1 Å². The second-order valence-electron chi connectivity index (χ2n) is 4.78. The maximum Gasteiger partial charge on any atom is -0.00114 e.